The summed E-state index contributed by atoms with van der Waals surface area (Å²) in [6.07, 6.45) is 0. The maximum absolute atomic E-state index is 14.0. The van der Waals surface area contributed by atoms with E-state index in [1.165, 1.54) is 4.67 Å². The third-order valence-corrected chi connectivity index (χ3v) is 6.54. The third-order valence-electron chi connectivity index (χ3n) is 4.22. The van der Waals surface area contributed by atoms with Gasteiger partial charge < -0.3 is 4.52 Å². The van der Waals surface area contributed by atoms with Crippen LogP contribution < -0.4 is 14.5 Å². The number of benzene rings is 3. The van der Waals surface area contributed by atoms with Crippen molar-refractivity contribution in [3.8, 4) is 5.75 Å². The predicted molar refractivity (Wildman–Crippen MR) is 98.7 cm³/mol. The number of anilines is 1. The van der Waals surface area contributed by atoms with Crippen LogP contribution in [0.15, 0.2) is 78.9 Å². The number of hydrogen-bond donors (Lipinski definition) is 0. The first-order chi connectivity index (χ1) is 12.1. The Morgan fingerprint density at radius 1 is 0.840 bits per heavy atom. The number of aryl methyl sites for hydroxylation is 1. The quantitative estimate of drug-likeness (QED) is 0.638. The second-order valence-corrected chi connectivity index (χ2v) is 7.99. The van der Waals surface area contributed by atoms with Crippen molar-refractivity contribution in [1.82, 2.24) is 0 Å². The second kappa shape index (κ2) is 5.91. The Bertz CT molecular complexity index is 1000. The highest BCUT2D eigenvalue weighted by Crippen LogP contribution is 2.57. The van der Waals surface area contributed by atoms with E-state index in [9.17, 15) is 9.36 Å². The molecule has 3 aromatic carbocycles. The minimum Gasteiger partial charge on any atom is -0.425 e. The van der Waals surface area contributed by atoms with Crippen molar-refractivity contribution >= 4 is 24.4 Å². The summed E-state index contributed by atoms with van der Waals surface area (Å²) in [5.41, 5.74) is 1.86. The second-order valence-electron chi connectivity index (χ2n) is 5.85. The first-order valence-corrected chi connectivity index (χ1v) is 9.54. The van der Waals surface area contributed by atoms with Crippen LogP contribution in [-0.2, 0) is 4.57 Å². The van der Waals surface area contributed by atoms with Crippen LogP contribution in [0, 0.1) is 6.92 Å². The maximum atomic E-state index is 14.0. The van der Waals surface area contributed by atoms with Crippen molar-refractivity contribution in [3.63, 3.8) is 0 Å². The fourth-order valence-corrected chi connectivity index (χ4v) is 5.22. The molecule has 0 bridgehead atoms. The highest BCUT2D eigenvalue weighted by molar-refractivity contribution is 7.70. The summed E-state index contributed by atoms with van der Waals surface area (Å²) in [5.74, 6) is 0.0351. The minimum atomic E-state index is -3.63. The van der Waals surface area contributed by atoms with Gasteiger partial charge in [-0.15, -0.1) is 0 Å². The van der Waals surface area contributed by atoms with E-state index in [-0.39, 0.29) is 5.91 Å². The van der Waals surface area contributed by atoms with Crippen molar-refractivity contribution in [2.45, 2.75) is 6.92 Å². The molecule has 0 saturated heterocycles. The molecule has 25 heavy (non-hydrogen) atoms. The highest BCUT2D eigenvalue weighted by atomic mass is 31.2. The van der Waals surface area contributed by atoms with Crippen molar-refractivity contribution in [2.24, 2.45) is 0 Å². The normalized spacial score (nSPS) is 19.2. The summed E-state index contributed by atoms with van der Waals surface area (Å²) in [7, 11) is -3.63. The zero-order valence-corrected chi connectivity index (χ0v) is 14.5. The van der Waals surface area contributed by atoms with Gasteiger partial charge >= 0.3 is 7.52 Å². The molecule has 1 amide bonds. The molecular formula is C20H16NO3P. The van der Waals surface area contributed by atoms with Crippen LogP contribution in [0.1, 0.15) is 15.9 Å². The topological polar surface area (TPSA) is 46.6 Å². The lowest BCUT2D eigenvalue weighted by Crippen LogP contribution is -2.38. The van der Waals surface area contributed by atoms with Gasteiger partial charge in [-0.05, 0) is 42.8 Å². The van der Waals surface area contributed by atoms with Crippen LogP contribution in [0.4, 0.5) is 5.69 Å². The first-order valence-electron chi connectivity index (χ1n) is 7.96. The average molecular weight is 349 g/mol. The number of carbonyl (C=O) groups is 1. The zero-order valence-electron chi connectivity index (χ0n) is 13.6. The van der Waals surface area contributed by atoms with E-state index in [1.54, 1.807) is 54.6 Å². The van der Waals surface area contributed by atoms with Gasteiger partial charge in [0.1, 0.15) is 5.75 Å². The molecule has 1 aliphatic heterocycles. The lowest BCUT2D eigenvalue weighted by molar-refractivity contribution is 0.0996. The summed E-state index contributed by atoms with van der Waals surface area (Å²) >= 11 is 0. The zero-order chi connectivity index (χ0) is 17.4. The first kappa shape index (κ1) is 15.7. The Balaban J connectivity index is 1.99. The van der Waals surface area contributed by atoms with Gasteiger partial charge in [0.2, 0.25) is 0 Å². The fourth-order valence-electron chi connectivity index (χ4n) is 2.97. The summed E-state index contributed by atoms with van der Waals surface area (Å²) in [6, 6.07) is 23.2. The Labute approximate surface area is 146 Å². The largest absolute Gasteiger partial charge is 0.425 e. The fraction of sp³-hybridized carbons (Fsp3) is 0.0500. The van der Waals surface area contributed by atoms with Gasteiger partial charge in [-0.25, -0.2) is 9.24 Å². The Kier molecular flexibility index (Phi) is 3.70. The van der Waals surface area contributed by atoms with E-state index in [0.717, 1.165) is 5.56 Å². The molecule has 3 aromatic rings. The molecule has 1 atom stereocenters. The number of nitrogens with zero attached hydrogens (tertiary/aromatic N) is 1. The molecule has 0 radical (unpaired) electrons. The lowest BCUT2D eigenvalue weighted by Gasteiger charge is -2.36. The van der Waals surface area contributed by atoms with Crippen LogP contribution in [0.25, 0.3) is 0 Å². The van der Waals surface area contributed by atoms with Gasteiger partial charge in [-0.2, -0.15) is 0 Å². The van der Waals surface area contributed by atoms with Gasteiger partial charge in [0, 0.05) is 0 Å². The molecule has 124 valence electrons. The SMILES string of the molecule is Cc1ccccc1N1C(=O)c2ccccc2OP1(=O)c1ccccc1. The van der Waals surface area contributed by atoms with Crippen LogP contribution in [0.5, 0.6) is 5.75 Å². The summed E-state index contributed by atoms with van der Waals surface area (Å²) < 4.78 is 21.3. The standard InChI is InChI=1S/C20H16NO3P/c1-15-9-5-7-13-18(15)21-20(22)17-12-6-8-14-19(17)24-25(21,23)16-10-3-2-4-11-16/h2-14H,1H3. The van der Waals surface area contributed by atoms with Crippen molar-refractivity contribution in [1.29, 1.82) is 0 Å². The van der Waals surface area contributed by atoms with Crippen molar-refractivity contribution < 1.29 is 13.9 Å². The lowest BCUT2D eigenvalue weighted by atomic mass is 10.1. The number of hydrogen-bond acceptors (Lipinski definition) is 3. The molecule has 0 spiro atoms. The third kappa shape index (κ3) is 2.46. The van der Waals surface area contributed by atoms with E-state index in [4.69, 9.17) is 4.52 Å². The van der Waals surface area contributed by atoms with Crippen molar-refractivity contribution in [3.05, 3.63) is 90.0 Å². The highest BCUT2D eigenvalue weighted by Gasteiger charge is 2.46. The van der Waals surface area contributed by atoms with Crippen molar-refractivity contribution in [2.75, 3.05) is 4.67 Å². The van der Waals surface area contributed by atoms with Crippen LogP contribution in [0.3, 0.4) is 0 Å². The van der Waals surface area contributed by atoms with E-state index in [1.807, 2.05) is 31.2 Å². The van der Waals surface area contributed by atoms with Gasteiger partial charge in [0.05, 0.1) is 16.6 Å². The maximum Gasteiger partial charge on any atom is 0.381 e. The summed E-state index contributed by atoms with van der Waals surface area (Å²) in [6.45, 7) is 1.89. The minimum absolute atomic E-state index is 0.316. The Morgan fingerprint density at radius 2 is 1.48 bits per heavy atom. The molecule has 4 nitrogen and oxygen atoms in total. The molecule has 0 N–H and O–H groups in total. The van der Waals surface area contributed by atoms with Gasteiger partial charge in [0.15, 0.2) is 0 Å². The van der Waals surface area contributed by atoms with Crippen LogP contribution >= 0.6 is 7.52 Å². The number of amides is 1. The molecule has 0 aliphatic carbocycles. The molecule has 0 saturated carbocycles. The smallest absolute Gasteiger partial charge is 0.381 e. The number of rotatable bonds is 2. The molecule has 0 fully saturated rings. The van der Waals surface area contributed by atoms with Gasteiger partial charge in [-0.1, -0.05) is 48.5 Å². The Morgan fingerprint density at radius 3 is 2.24 bits per heavy atom. The number of para-hydroxylation sites is 2. The van der Waals surface area contributed by atoms with E-state index in [0.29, 0.717) is 22.3 Å². The van der Waals surface area contributed by atoms with E-state index < -0.39 is 7.52 Å². The molecule has 1 unspecified atom stereocenters. The summed E-state index contributed by atoms with van der Waals surface area (Å²) in [4.78, 5) is 13.2. The predicted octanol–water partition coefficient (Wildman–Crippen LogP) is 4.55. The van der Waals surface area contributed by atoms with E-state index >= 15 is 0 Å². The molecular weight excluding hydrogens is 333 g/mol. The van der Waals surface area contributed by atoms with Crippen LogP contribution in [-0.4, -0.2) is 5.91 Å². The van der Waals surface area contributed by atoms with E-state index in [2.05, 4.69) is 0 Å². The van der Waals surface area contributed by atoms with Gasteiger partial charge in [-0.3, -0.25) is 4.79 Å². The number of fused-ring (bicyclic) bond motifs is 1. The molecule has 4 rings (SSSR count). The molecule has 0 aromatic heterocycles. The summed E-state index contributed by atoms with van der Waals surface area (Å²) in [5, 5.41) is 0.487. The van der Waals surface area contributed by atoms with Gasteiger partial charge in [0.25, 0.3) is 5.91 Å². The molecule has 5 heteroatoms. The average Bonchev–Trinajstić information content (AvgIpc) is 2.64. The number of carbonyl (C=O) groups excluding carboxylic acids is 1. The molecule has 1 aliphatic rings. The monoisotopic (exact) mass is 349 g/mol. The molecule has 1 heterocycles. The Hall–Kier alpha value is -2.84. The van der Waals surface area contributed by atoms with Crippen LogP contribution in [0.2, 0.25) is 0 Å².